The molecule has 2 aromatic carbocycles. The number of imidazole rings is 2. The van der Waals surface area contributed by atoms with Crippen LogP contribution in [0.2, 0.25) is 0 Å². The number of aryl methyl sites for hydroxylation is 2. The van der Waals surface area contributed by atoms with Crippen molar-refractivity contribution in [2.45, 2.75) is 103 Å². The molecular weight excluding hydrogens is 782 g/mol. The first-order valence-electron chi connectivity index (χ1n) is 19.7. The second-order valence-electron chi connectivity index (χ2n) is 16.5. The van der Waals surface area contributed by atoms with Crippen LogP contribution in [0.3, 0.4) is 0 Å². The summed E-state index contributed by atoms with van der Waals surface area (Å²) in [6.07, 6.45) is 14.0. The number of benzene rings is 2. The number of carbonyl (C=O) groups excluding carboxylic acids is 2. The summed E-state index contributed by atoms with van der Waals surface area (Å²) in [4.78, 5) is 41.7. The van der Waals surface area contributed by atoms with E-state index in [0.717, 1.165) is 49.7 Å². The lowest BCUT2D eigenvalue weighted by molar-refractivity contribution is 0.00578. The van der Waals surface area contributed by atoms with Gasteiger partial charge in [-0.3, -0.25) is 9.59 Å². The number of nitrogens with zero attached hydrogens (tertiary/aromatic N) is 7. The summed E-state index contributed by atoms with van der Waals surface area (Å²) >= 11 is 0. The van der Waals surface area contributed by atoms with E-state index < -0.39 is 30.1 Å². The van der Waals surface area contributed by atoms with Crippen molar-refractivity contribution in [2.75, 3.05) is 0 Å². The van der Waals surface area contributed by atoms with Crippen molar-refractivity contribution in [1.82, 2.24) is 33.9 Å². The molecule has 0 unspecified atom stereocenters. The first-order chi connectivity index (χ1) is 27.6. The molecule has 1 aliphatic heterocycles. The average Bonchev–Trinajstić information content (AvgIpc) is 3.83. The molecular formula is C43H50BClF3N7O4. The molecule has 0 spiro atoms. The standard InChI is InChI=1S/C22H29BFN3O3.C21H20F2N4O.ClH/c1-21(2)22(3,4)30-23(29-21)17-11-15(9-10-18(17)24)12-27(16-7-6-8-16)20(28)19-13-26(5)14-25-19;1-26-12-19(25-13-26)21(28)27(16-3-2-4-16)11-14-5-7-18(22)17(9-14)15-6-8-20(23)24-10-15;/h9-11,13-14,16H,6-8,12H2,1-5H3;5-10,12-13,16H,2-4,11H2,1H3;1H. The summed E-state index contributed by atoms with van der Waals surface area (Å²) in [6, 6.07) is 12.7. The summed E-state index contributed by atoms with van der Waals surface area (Å²) in [7, 11) is 2.88. The van der Waals surface area contributed by atoms with Gasteiger partial charge in [-0.15, -0.1) is 12.4 Å². The zero-order chi connectivity index (χ0) is 41.4. The molecule has 312 valence electrons. The molecule has 3 aliphatic rings. The van der Waals surface area contributed by atoms with E-state index in [0.29, 0.717) is 41.1 Å². The van der Waals surface area contributed by atoms with Gasteiger partial charge in [0.1, 0.15) is 23.0 Å². The Morgan fingerprint density at radius 2 is 1.22 bits per heavy atom. The highest BCUT2D eigenvalue weighted by Gasteiger charge is 2.52. The summed E-state index contributed by atoms with van der Waals surface area (Å²) in [6.45, 7) is 8.53. The fourth-order valence-electron chi connectivity index (χ4n) is 7.13. The SMILES string of the molecule is Cl.Cn1cnc(C(=O)N(Cc2ccc(F)c(-c3ccc(F)nc3)c2)C2CCC2)c1.Cn1cnc(C(=O)N(Cc2ccc(F)c(B3OC(C)(C)C(C)(C)O3)c2)C2CCC2)c1. The Kier molecular flexibility index (Phi) is 13.1. The minimum Gasteiger partial charge on any atom is -0.399 e. The largest absolute Gasteiger partial charge is 0.497 e. The van der Waals surface area contributed by atoms with Crippen molar-refractivity contribution in [1.29, 1.82) is 0 Å². The first kappa shape index (κ1) is 43.6. The van der Waals surface area contributed by atoms with E-state index in [1.165, 1.54) is 30.5 Å². The van der Waals surface area contributed by atoms with Crippen molar-refractivity contribution in [3.63, 3.8) is 0 Å². The summed E-state index contributed by atoms with van der Waals surface area (Å²) in [5, 5.41) is 0. The zero-order valence-corrected chi connectivity index (χ0v) is 35.0. The Bertz CT molecular complexity index is 2260. The number of carbonyl (C=O) groups is 2. The minimum absolute atomic E-state index is 0. The lowest BCUT2D eigenvalue weighted by atomic mass is 9.77. The van der Waals surface area contributed by atoms with Crippen LogP contribution in [-0.2, 0) is 36.5 Å². The monoisotopic (exact) mass is 831 g/mol. The molecule has 0 atom stereocenters. The number of hydrogen-bond donors (Lipinski definition) is 0. The molecule has 2 saturated carbocycles. The number of rotatable bonds is 10. The van der Waals surface area contributed by atoms with Crippen molar-refractivity contribution in [2.24, 2.45) is 14.1 Å². The maximum absolute atomic E-state index is 14.7. The molecule has 11 nitrogen and oxygen atoms in total. The summed E-state index contributed by atoms with van der Waals surface area (Å²) < 4.78 is 57.7. The van der Waals surface area contributed by atoms with Crippen molar-refractivity contribution in [3.8, 4) is 11.1 Å². The van der Waals surface area contributed by atoms with Gasteiger partial charge in [0.05, 0.1) is 23.9 Å². The van der Waals surface area contributed by atoms with Gasteiger partial charge in [0.25, 0.3) is 11.8 Å². The third kappa shape index (κ3) is 9.58. The van der Waals surface area contributed by atoms with Gasteiger partial charge >= 0.3 is 7.12 Å². The van der Waals surface area contributed by atoms with Gasteiger partial charge < -0.3 is 28.2 Å². The lowest BCUT2D eigenvalue weighted by Gasteiger charge is -2.37. The van der Waals surface area contributed by atoms with Crippen LogP contribution in [0.1, 0.15) is 98.3 Å². The topological polar surface area (TPSA) is 108 Å². The normalized spacial score (nSPS) is 16.9. The predicted molar refractivity (Wildman–Crippen MR) is 220 cm³/mol. The number of hydrogen-bond acceptors (Lipinski definition) is 7. The van der Waals surface area contributed by atoms with Gasteiger partial charge in [-0.1, -0.05) is 18.2 Å². The molecule has 59 heavy (non-hydrogen) atoms. The van der Waals surface area contributed by atoms with Crippen LogP contribution in [0.5, 0.6) is 0 Å². The number of pyridine rings is 1. The quantitative estimate of drug-likeness (QED) is 0.107. The third-order valence-corrected chi connectivity index (χ3v) is 11.7. The zero-order valence-electron chi connectivity index (χ0n) is 34.2. The van der Waals surface area contributed by atoms with Gasteiger partial charge in [-0.25, -0.2) is 23.7 Å². The van der Waals surface area contributed by atoms with E-state index in [9.17, 15) is 22.8 Å². The highest BCUT2D eigenvalue weighted by atomic mass is 35.5. The molecule has 4 heterocycles. The Morgan fingerprint density at radius 1 is 0.729 bits per heavy atom. The fourth-order valence-corrected chi connectivity index (χ4v) is 7.13. The summed E-state index contributed by atoms with van der Waals surface area (Å²) in [5.74, 6) is -1.62. The molecule has 8 rings (SSSR count). The maximum Gasteiger partial charge on any atom is 0.497 e. The molecule has 5 aromatic rings. The van der Waals surface area contributed by atoms with E-state index in [1.807, 2.05) is 51.6 Å². The molecule has 0 N–H and O–H groups in total. The first-order valence-corrected chi connectivity index (χ1v) is 19.7. The number of amides is 2. The van der Waals surface area contributed by atoms with Crippen molar-refractivity contribution >= 4 is 36.8 Å². The van der Waals surface area contributed by atoms with Gasteiger partial charge in [0.2, 0.25) is 5.95 Å². The van der Waals surface area contributed by atoms with Crippen LogP contribution in [0.15, 0.2) is 79.8 Å². The van der Waals surface area contributed by atoms with Crippen molar-refractivity contribution < 1.29 is 32.1 Å². The second-order valence-corrected chi connectivity index (χ2v) is 16.5. The van der Waals surface area contributed by atoms with Gasteiger partial charge in [-0.2, -0.15) is 4.39 Å². The van der Waals surface area contributed by atoms with E-state index in [-0.39, 0.29) is 42.1 Å². The van der Waals surface area contributed by atoms with Crippen LogP contribution in [-0.4, -0.2) is 76.1 Å². The van der Waals surface area contributed by atoms with Crippen LogP contribution in [0, 0.1) is 17.6 Å². The van der Waals surface area contributed by atoms with Crippen molar-refractivity contribution in [3.05, 3.63) is 120 Å². The van der Waals surface area contributed by atoms with E-state index >= 15 is 0 Å². The molecule has 0 bridgehead atoms. The van der Waals surface area contributed by atoms with Crippen LogP contribution in [0.4, 0.5) is 13.2 Å². The molecule has 3 aromatic heterocycles. The predicted octanol–water partition coefficient (Wildman–Crippen LogP) is 7.43. The molecule has 2 aliphatic carbocycles. The summed E-state index contributed by atoms with van der Waals surface area (Å²) in [5.41, 5.74) is 2.58. The van der Waals surface area contributed by atoms with Gasteiger partial charge in [0, 0.05) is 74.4 Å². The highest BCUT2D eigenvalue weighted by molar-refractivity contribution is 6.62. The molecule has 3 fully saturated rings. The molecule has 1 saturated heterocycles. The highest BCUT2D eigenvalue weighted by Crippen LogP contribution is 2.37. The molecule has 0 radical (unpaired) electrons. The van der Waals surface area contributed by atoms with E-state index in [1.54, 1.807) is 58.4 Å². The maximum atomic E-state index is 14.7. The minimum atomic E-state index is -0.779. The Labute approximate surface area is 349 Å². The van der Waals surface area contributed by atoms with E-state index in [4.69, 9.17) is 9.31 Å². The fraction of sp³-hybridized carbons (Fsp3) is 0.419. The van der Waals surface area contributed by atoms with Gasteiger partial charge in [-0.05, 0) is 108 Å². The molecule has 16 heteroatoms. The second kappa shape index (κ2) is 17.7. The Balaban J connectivity index is 0.000000195. The smallest absolute Gasteiger partial charge is 0.399 e. The third-order valence-electron chi connectivity index (χ3n) is 11.7. The number of aromatic nitrogens is 5. The number of halogens is 4. The average molecular weight is 832 g/mol. The van der Waals surface area contributed by atoms with E-state index in [2.05, 4.69) is 15.0 Å². The van der Waals surface area contributed by atoms with Crippen LogP contribution < -0.4 is 5.46 Å². The van der Waals surface area contributed by atoms with Crippen LogP contribution in [0.25, 0.3) is 11.1 Å². The van der Waals surface area contributed by atoms with Crippen LogP contribution >= 0.6 is 12.4 Å². The molecule has 2 amide bonds. The van der Waals surface area contributed by atoms with Gasteiger partial charge in [0.15, 0.2) is 0 Å². The lowest BCUT2D eigenvalue weighted by Crippen LogP contribution is -2.44. The Morgan fingerprint density at radius 3 is 1.64 bits per heavy atom. The Hall–Kier alpha value is -4.99.